The summed E-state index contributed by atoms with van der Waals surface area (Å²) in [7, 11) is 1.66. The van der Waals surface area contributed by atoms with Crippen molar-refractivity contribution < 1.29 is 9.53 Å². The summed E-state index contributed by atoms with van der Waals surface area (Å²) in [4.78, 5) is 12.4. The predicted octanol–water partition coefficient (Wildman–Crippen LogP) is 5.43. The molecule has 0 amide bonds. The zero-order valence-corrected chi connectivity index (χ0v) is 17.8. The fourth-order valence-corrected chi connectivity index (χ4v) is 5.18. The van der Waals surface area contributed by atoms with E-state index in [0.717, 1.165) is 31.3 Å². The number of aromatic nitrogens is 2. The lowest BCUT2D eigenvalue weighted by molar-refractivity contribution is 0.102. The summed E-state index contributed by atoms with van der Waals surface area (Å²) in [5, 5.41) is 8.41. The average Bonchev–Trinajstić information content (AvgIpc) is 3.15. The lowest BCUT2D eigenvalue weighted by Crippen LogP contribution is -2.03. The summed E-state index contributed by atoms with van der Waals surface area (Å²) < 4.78 is 6.90. The van der Waals surface area contributed by atoms with Crippen LogP contribution in [0.1, 0.15) is 27.0 Å². The van der Waals surface area contributed by atoms with Crippen LogP contribution in [-0.2, 0) is 5.75 Å². The number of Topliss-reactive ketones (excluding diaryl/α,β-unsaturated/α-hetero) is 1. The van der Waals surface area contributed by atoms with Gasteiger partial charge in [-0.15, -0.1) is 10.2 Å². The molecule has 4 nitrogen and oxygen atoms in total. The Balaban J connectivity index is 1.51. The third kappa shape index (κ3) is 5.57. The van der Waals surface area contributed by atoms with E-state index in [1.165, 1.54) is 34.2 Å². The van der Waals surface area contributed by atoms with E-state index >= 15 is 0 Å². The molecule has 0 atom stereocenters. The molecule has 1 aromatic heterocycles. The third-order valence-electron chi connectivity index (χ3n) is 4.06. The van der Waals surface area contributed by atoms with Gasteiger partial charge in [0.05, 0.1) is 12.9 Å². The SMILES string of the molecule is COc1ccc(CSc2nnc(SCC(=O)c3ccc(C)c(C)c3)s2)cc1. The molecule has 0 bridgehead atoms. The highest BCUT2D eigenvalue weighted by Crippen LogP contribution is 2.31. The monoisotopic (exact) mass is 416 g/mol. The number of hydrogen-bond acceptors (Lipinski definition) is 7. The molecule has 0 radical (unpaired) electrons. The maximum absolute atomic E-state index is 12.4. The summed E-state index contributed by atoms with van der Waals surface area (Å²) in [5.41, 5.74) is 4.29. The molecule has 7 heteroatoms. The van der Waals surface area contributed by atoms with Crippen molar-refractivity contribution in [1.29, 1.82) is 0 Å². The number of carbonyl (C=O) groups excluding carboxylic acids is 1. The minimum Gasteiger partial charge on any atom is -0.497 e. The maximum Gasteiger partial charge on any atom is 0.175 e. The molecule has 0 spiro atoms. The molecule has 2 aromatic carbocycles. The molecule has 3 rings (SSSR count). The Morgan fingerprint density at radius 3 is 2.37 bits per heavy atom. The smallest absolute Gasteiger partial charge is 0.175 e. The summed E-state index contributed by atoms with van der Waals surface area (Å²) >= 11 is 4.62. The number of aryl methyl sites for hydroxylation is 2. The Bertz CT molecular complexity index is 923. The van der Waals surface area contributed by atoms with E-state index in [-0.39, 0.29) is 5.78 Å². The number of thioether (sulfide) groups is 2. The van der Waals surface area contributed by atoms with Gasteiger partial charge >= 0.3 is 0 Å². The van der Waals surface area contributed by atoms with Gasteiger partial charge in [-0.2, -0.15) is 0 Å². The molecule has 0 unspecified atom stereocenters. The molecular formula is C20H20N2O2S3. The van der Waals surface area contributed by atoms with Gasteiger partial charge in [0.1, 0.15) is 5.75 Å². The maximum atomic E-state index is 12.4. The standard InChI is InChI=1S/C20H20N2O2S3/c1-13-4-7-16(10-14(13)2)18(23)12-26-20-22-21-19(27-20)25-11-15-5-8-17(24-3)9-6-15/h4-10H,11-12H2,1-3H3. The zero-order valence-electron chi connectivity index (χ0n) is 15.4. The van der Waals surface area contributed by atoms with Crippen LogP contribution in [0.15, 0.2) is 51.1 Å². The second kappa shape index (κ2) is 9.39. The van der Waals surface area contributed by atoms with Gasteiger partial charge < -0.3 is 4.74 Å². The Morgan fingerprint density at radius 1 is 1.00 bits per heavy atom. The molecule has 0 N–H and O–H groups in total. The molecule has 0 fully saturated rings. The molecule has 0 aliphatic carbocycles. The summed E-state index contributed by atoms with van der Waals surface area (Å²) in [5.74, 6) is 2.17. The van der Waals surface area contributed by atoms with Gasteiger partial charge in [-0.3, -0.25) is 4.79 Å². The quantitative estimate of drug-likeness (QED) is 0.360. The van der Waals surface area contributed by atoms with Crippen molar-refractivity contribution in [2.75, 3.05) is 12.9 Å². The average molecular weight is 417 g/mol. The van der Waals surface area contributed by atoms with Crippen LogP contribution in [-0.4, -0.2) is 28.8 Å². The van der Waals surface area contributed by atoms with E-state index in [2.05, 4.69) is 10.2 Å². The Morgan fingerprint density at radius 2 is 1.70 bits per heavy atom. The Hall–Kier alpha value is -1.83. The van der Waals surface area contributed by atoms with Crippen LogP contribution in [0, 0.1) is 13.8 Å². The van der Waals surface area contributed by atoms with Crippen LogP contribution >= 0.6 is 34.9 Å². The summed E-state index contributed by atoms with van der Waals surface area (Å²) in [6, 6.07) is 13.8. The second-order valence-electron chi connectivity index (χ2n) is 5.98. The second-order valence-corrected chi connectivity index (χ2v) is 9.40. The van der Waals surface area contributed by atoms with Gasteiger partial charge in [-0.25, -0.2) is 0 Å². The number of carbonyl (C=O) groups is 1. The molecule has 140 valence electrons. The van der Waals surface area contributed by atoms with Gasteiger partial charge in [-0.05, 0) is 48.7 Å². The van der Waals surface area contributed by atoms with Gasteiger partial charge in [0.15, 0.2) is 14.5 Å². The van der Waals surface area contributed by atoms with E-state index < -0.39 is 0 Å². The van der Waals surface area contributed by atoms with Gasteiger partial charge in [0.2, 0.25) is 0 Å². The topological polar surface area (TPSA) is 52.1 Å². The summed E-state index contributed by atoms with van der Waals surface area (Å²) in [6.07, 6.45) is 0. The summed E-state index contributed by atoms with van der Waals surface area (Å²) in [6.45, 7) is 4.07. The lowest BCUT2D eigenvalue weighted by Gasteiger charge is -2.03. The fourth-order valence-electron chi connectivity index (χ4n) is 2.31. The van der Waals surface area contributed by atoms with E-state index in [1.807, 2.05) is 56.3 Å². The highest BCUT2D eigenvalue weighted by atomic mass is 32.2. The van der Waals surface area contributed by atoms with Crippen LogP contribution in [0.25, 0.3) is 0 Å². The van der Waals surface area contributed by atoms with Gasteiger partial charge in [0, 0.05) is 11.3 Å². The number of benzene rings is 2. The van der Waals surface area contributed by atoms with Crippen molar-refractivity contribution in [1.82, 2.24) is 10.2 Å². The first-order valence-electron chi connectivity index (χ1n) is 8.37. The number of rotatable bonds is 8. The van der Waals surface area contributed by atoms with Crippen LogP contribution in [0.3, 0.4) is 0 Å². The first kappa shape index (κ1) is 19.9. The van der Waals surface area contributed by atoms with E-state index in [4.69, 9.17) is 4.74 Å². The van der Waals surface area contributed by atoms with Crippen LogP contribution < -0.4 is 4.74 Å². The van der Waals surface area contributed by atoms with Crippen molar-refractivity contribution in [3.8, 4) is 5.75 Å². The molecule has 27 heavy (non-hydrogen) atoms. The van der Waals surface area contributed by atoms with E-state index in [0.29, 0.717) is 5.75 Å². The van der Waals surface area contributed by atoms with Crippen molar-refractivity contribution in [3.63, 3.8) is 0 Å². The van der Waals surface area contributed by atoms with Crippen molar-refractivity contribution in [2.24, 2.45) is 0 Å². The Kier molecular flexibility index (Phi) is 6.93. The number of hydrogen-bond donors (Lipinski definition) is 0. The molecule has 0 aliphatic heterocycles. The predicted molar refractivity (Wildman–Crippen MR) is 113 cm³/mol. The zero-order chi connectivity index (χ0) is 19.2. The molecular weight excluding hydrogens is 396 g/mol. The van der Waals surface area contributed by atoms with Gasteiger partial charge in [-0.1, -0.05) is 59.1 Å². The number of ether oxygens (including phenoxy) is 1. The first-order chi connectivity index (χ1) is 13.0. The minimum atomic E-state index is 0.116. The molecule has 3 aromatic rings. The highest BCUT2D eigenvalue weighted by Gasteiger charge is 2.11. The number of methoxy groups -OCH3 is 1. The van der Waals surface area contributed by atoms with Crippen LogP contribution in [0.4, 0.5) is 0 Å². The molecule has 0 aliphatic rings. The number of ketones is 1. The third-order valence-corrected chi connectivity index (χ3v) is 7.33. The van der Waals surface area contributed by atoms with Crippen LogP contribution in [0.5, 0.6) is 5.75 Å². The lowest BCUT2D eigenvalue weighted by atomic mass is 10.0. The Labute approximate surface area is 171 Å². The molecule has 1 heterocycles. The van der Waals surface area contributed by atoms with E-state index in [9.17, 15) is 4.79 Å². The van der Waals surface area contributed by atoms with Crippen molar-refractivity contribution in [3.05, 3.63) is 64.7 Å². The molecule has 0 saturated carbocycles. The fraction of sp³-hybridized carbons (Fsp3) is 0.250. The normalized spacial score (nSPS) is 10.8. The first-order valence-corrected chi connectivity index (χ1v) is 11.2. The number of nitrogens with zero attached hydrogens (tertiary/aromatic N) is 2. The largest absolute Gasteiger partial charge is 0.497 e. The van der Waals surface area contributed by atoms with Crippen molar-refractivity contribution >= 4 is 40.6 Å². The van der Waals surface area contributed by atoms with Gasteiger partial charge in [0.25, 0.3) is 0 Å². The minimum absolute atomic E-state index is 0.116. The van der Waals surface area contributed by atoms with Crippen LogP contribution in [0.2, 0.25) is 0 Å². The van der Waals surface area contributed by atoms with Crippen molar-refractivity contribution in [2.45, 2.75) is 28.3 Å². The van der Waals surface area contributed by atoms with E-state index in [1.54, 1.807) is 18.9 Å². The highest BCUT2D eigenvalue weighted by molar-refractivity contribution is 8.03. The molecule has 0 saturated heterocycles.